The summed E-state index contributed by atoms with van der Waals surface area (Å²) in [6.45, 7) is 3.86. The summed E-state index contributed by atoms with van der Waals surface area (Å²) in [4.78, 5) is 65.9. The maximum absolute atomic E-state index is 13.3. The molecule has 0 fully saturated rings. The van der Waals surface area contributed by atoms with Gasteiger partial charge in [0.2, 0.25) is 17.7 Å². The Morgan fingerprint density at radius 2 is 1.41 bits per heavy atom. The first-order valence-corrected chi connectivity index (χ1v) is 13.1. The molecule has 15 nitrogen and oxygen atoms in total. The monoisotopic (exact) mass is 579 g/mol. The highest BCUT2D eigenvalue weighted by Crippen LogP contribution is 2.13. The van der Waals surface area contributed by atoms with E-state index in [-0.39, 0.29) is 49.9 Å². The van der Waals surface area contributed by atoms with Gasteiger partial charge in [-0.25, -0.2) is 4.79 Å². The molecule has 12 N–H and O–H groups in total. The molecule has 4 atom stereocenters. The Kier molecular flexibility index (Phi) is 14.6. The lowest BCUT2D eigenvalue weighted by Gasteiger charge is -2.25. The lowest BCUT2D eigenvalue weighted by atomic mass is 10.0. The molecule has 0 radical (unpaired) electrons. The number of aromatic hydroxyl groups is 1. The number of carboxylic acids is 2. The molecule has 41 heavy (non-hydrogen) atoms. The molecule has 0 aliphatic rings. The van der Waals surface area contributed by atoms with Gasteiger partial charge in [0.05, 0.1) is 6.04 Å². The average Bonchev–Trinajstić information content (AvgIpc) is 2.87. The molecule has 0 heterocycles. The number of carbonyl (C=O) groups excluding carboxylic acids is 3. The third-order valence-electron chi connectivity index (χ3n) is 5.91. The first-order valence-electron chi connectivity index (χ1n) is 13.1. The molecule has 0 saturated carbocycles. The molecule has 0 aromatic heterocycles. The number of carboxylic acid groups (broad SMARTS) is 2. The highest BCUT2D eigenvalue weighted by Gasteiger charge is 2.31. The van der Waals surface area contributed by atoms with Gasteiger partial charge in [-0.1, -0.05) is 26.0 Å². The number of phenols is 1. The first-order chi connectivity index (χ1) is 19.2. The van der Waals surface area contributed by atoms with E-state index in [0.717, 1.165) is 0 Å². The minimum Gasteiger partial charge on any atom is -0.508 e. The normalized spacial score (nSPS) is 13.8. The fourth-order valence-corrected chi connectivity index (χ4v) is 3.81. The van der Waals surface area contributed by atoms with Gasteiger partial charge in [-0.05, 0) is 49.3 Å². The predicted molar refractivity (Wildman–Crippen MR) is 149 cm³/mol. The van der Waals surface area contributed by atoms with Crippen LogP contribution in [0.1, 0.15) is 51.5 Å². The lowest BCUT2D eigenvalue weighted by molar-refractivity contribution is -0.142. The van der Waals surface area contributed by atoms with Crippen LogP contribution in [0.5, 0.6) is 5.75 Å². The number of phenolic OH excluding ortho intramolecular Hbond substituents is 1. The van der Waals surface area contributed by atoms with Crippen molar-refractivity contribution < 1.29 is 39.3 Å². The van der Waals surface area contributed by atoms with Gasteiger partial charge in [-0.3, -0.25) is 24.2 Å². The minimum atomic E-state index is -1.33. The van der Waals surface area contributed by atoms with Crippen molar-refractivity contribution in [3.63, 3.8) is 0 Å². The smallest absolute Gasteiger partial charge is 0.326 e. The number of nitrogens with one attached hydrogen (secondary N) is 3. The predicted octanol–water partition coefficient (Wildman–Crippen LogP) is -1.23. The summed E-state index contributed by atoms with van der Waals surface area (Å²) in [6, 6.07) is 0.862. The molecule has 0 saturated heterocycles. The fourth-order valence-electron chi connectivity index (χ4n) is 3.81. The Hall–Kier alpha value is -4.40. The third-order valence-corrected chi connectivity index (χ3v) is 5.91. The van der Waals surface area contributed by atoms with Crippen molar-refractivity contribution in [2.75, 3.05) is 6.54 Å². The van der Waals surface area contributed by atoms with Crippen molar-refractivity contribution >= 4 is 35.6 Å². The van der Waals surface area contributed by atoms with Crippen LogP contribution in [0.4, 0.5) is 0 Å². The number of nitrogens with zero attached hydrogens (tertiary/aromatic N) is 1. The zero-order chi connectivity index (χ0) is 31.1. The molecule has 3 amide bonds. The maximum Gasteiger partial charge on any atom is 0.326 e. The Labute approximate surface area is 237 Å². The van der Waals surface area contributed by atoms with Crippen LogP contribution >= 0.6 is 0 Å². The molecular formula is C26H41N7O8. The summed E-state index contributed by atoms with van der Waals surface area (Å²) < 4.78 is 0. The van der Waals surface area contributed by atoms with Crippen LogP contribution in [-0.2, 0) is 30.4 Å². The van der Waals surface area contributed by atoms with Crippen LogP contribution in [0.2, 0.25) is 0 Å². The number of amides is 3. The van der Waals surface area contributed by atoms with Crippen LogP contribution in [0, 0.1) is 5.92 Å². The van der Waals surface area contributed by atoms with E-state index in [9.17, 15) is 34.2 Å². The van der Waals surface area contributed by atoms with Crippen molar-refractivity contribution in [3.8, 4) is 5.75 Å². The van der Waals surface area contributed by atoms with Crippen LogP contribution in [0.25, 0.3) is 0 Å². The average molecular weight is 580 g/mol. The standard InChI is InChI=1S/C26H41N7O8/c1-14(2)12-17(27)22(37)31-18(9-10-21(35)36)23(38)33-20(13-15-5-7-16(34)8-6-15)24(39)32-19(25(40)41)4-3-11-30-26(28)29/h5-8,14,17-20,34H,3-4,9-13,27H2,1-2H3,(H,31,37)(H,32,39)(H,33,38)(H,35,36)(H,40,41)(H4,28,29,30). The topological polar surface area (TPSA) is 273 Å². The Balaban J connectivity index is 3.16. The number of aliphatic imine (C=N–C) groups is 1. The molecule has 1 aromatic carbocycles. The molecule has 228 valence electrons. The van der Waals surface area contributed by atoms with Gasteiger partial charge in [0.1, 0.15) is 23.9 Å². The maximum atomic E-state index is 13.3. The van der Waals surface area contributed by atoms with Gasteiger partial charge >= 0.3 is 11.9 Å². The molecule has 0 aliphatic heterocycles. The largest absolute Gasteiger partial charge is 0.508 e. The van der Waals surface area contributed by atoms with Gasteiger partial charge in [0.15, 0.2) is 5.96 Å². The zero-order valence-corrected chi connectivity index (χ0v) is 23.2. The molecular weight excluding hydrogens is 538 g/mol. The summed E-state index contributed by atoms with van der Waals surface area (Å²) in [5.41, 5.74) is 17.0. The number of benzene rings is 1. The van der Waals surface area contributed by atoms with Crippen LogP contribution in [-0.4, -0.2) is 81.7 Å². The van der Waals surface area contributed by atoms with E-state index >= 15 is 0 Å². The van der Waals surface area contributed by atoms with E-state index in [1.165, 1.54) is 24.3 Å². The van der Waals surface area contributed by atoms with E-state index in [1.54, 1.807) is 0 Å². The molecule has 15 heteroatoms. The quantitative estimate of drug-likeness (QED) is 0.0564. The summed E-state index contributed by atoms with van der Waals surface area (Å²) in [7, 11) is 0. The molecule has 0 aliphatic carbocycles. The number of guanidine groups is 1. The lowest BCUT2D eigenvalue weighted by Crippen LogP contribution is -2.57. The number of carbonyl (C=O) groups is 5. The van der Waals surface area contributed by atoms with Crippen LogP contribution < -0.4 is 33.2 Å². The highest BCUT2D eigenvalue weighted by atomic mass is 16.4. The van der Waals surface area contributed by atoms with Crippen molar-refractivity contribution in [1.82, 2.24) is 16.0 Å². The van der Waals surface area contributed by atoms with E-state index < -0.39 is 60.2 Å². The Morgan fingerprint density at radius 1 is 0.854 bits per heavy atom. The summed E-state index contributed by atoms with van der Waals surface area (Å²) >= 11 is 0. The number of hydrogen-bond donors (Lipinski definition) is 9. The summed E-state index contributed by atoms with van der Waals surface area (Å²) in [5.74, 6) is -4.96. The summed E-state index contributed by atoms with van der Waals surface area (Å²) in [5, 5.41) is 35.7. The Bertz CT molecular complexity index is 1070. The second kappa shape index (κ2) is 17.3. The second-order valence-corrected chi connectivity index (χ2v) is 10.0. The highest BCUT2D eigenvalue weighted by molar-refractivity contribution is 5.94. The molecule has 0 bridgehead atoms. The van der Waals surface area contributed by atoms with Crippen LogP contribution in [0.3, 0.4) is 0 Å². The van der Waals surface area contributed by atoms with E-state index in [1.807, 2.05) is 13.8 Å². The second-order valence-electron chi connectivity index (χ2n) is 10.0. The molecule has 0 spiro atoms. The third kappa shape index (κ3) is 14.0. The van der Waals surface area contributed by atoms with Crippen molar-refractivity contribution in [1.29, 1.82) is 0 Å². The van der Waals surface area contributed by atoms with Crippen molar-refractivity contribution in [2.24, 2.45) is 28.1 Å². The van der Waals surface area contributed by atoms with Gasteiger partial charge < -0.3 is 48.5 Å². The fraction of sp³-hybridized carbons (Fsp3) is 0.538. The van der Waals surface area contributed by atoms with Gasteiger partial charge in [-0.15, -0.1) is 0 Å². The van der Waals surface area contributed by atoms with E-state index in [4.69, 9.17) is 22.3 Å². The zero-order valence-electron chi connectivity index (χ0n) is 23.2. The number of rotatable bonds is 18. The van der Waals surface area contributed by atoms with Crippen molar-refractivity contribution in [3.05, 3.63) is 29.8 Å². The molecule has 1 rings (SSSR count). The van der Waals surface area contributed by atoms with Gasteiger partial charge in [0, 0.05) is 19.4 Å². The summed E-state index contributed by atoms with van der Waals surface area (Å²) in [6.07, 6.45) is -0.289. The van der Waals surface area contributed by atoms with E-state index in [2.05, 4.69) is 20.9 Å². The number of nitrogens with two attached hydrogens (primary N) is 3. The molecule has 1 aromatic rings. The first kappa shape index (κ1) is 34.6. The minimum absolute atomic E-state index is 0.0111. The van der Waals surface area contributed by atoms with E-state index in [0.29, 0.717) is 12.0 Å². The SMILES string of the molecule is CC(C)CC(N)C(=O)NC(CCC(=O)O)C(=O)NC(Cc1ccc(O)cc1)C(=O)NC(CCCN=C(N)N)C(=O)O. The van der Waals surface area contributed by atoms with Gasteiger partial charge in [0.25, 0.3) is 0 Å². The Morgan fingerprint density at radius 3 is 1.95 bits per heavy atom. The van der Waals surface area contributed by atoms with Crippen LogP contribution in [0.15, 0.2) is 29.3 Å². The number of aliphatic carboxylic acids is 2. The van der Waals surface area contributed by atoms with Crippen molar-refractivity contribution in [2.45, 2.75) is 76.5 Å². The molecule has 4 unspecified atom stereocenters. The van der Waals surface area contributed by atoms with Gasteiger partial charge in [-0.2, -0.15) is 0 Å². The number of hydrogen-bond acceptors (Lipinski definition) is 8.